The molecule has 0 aliphatic carbocycles. The number of rotatable bonds is 4. The van der Waals surface area contributed by atoms with Gasteiger partial charge in [0.2, 0.25) is 11.8 Å². The monoisotopic (exact) mass is 360 g/mol. The maximum atomic E-state index is 12.8. The van der Waals surface area contributed by atoms with Gasteiger partial charge in [-0.3, -0.25) is 19.5 Å². The maximum Gasteiger partial charge on any atom is 0.242 e. The summed E-state index contributed by atoms with van der Waals surface area (Å²) in [6, 6.07) is 5.39. The van der Waals surface area contributed by atoms with Crippen molar-refractivity contribution in [3.05, 3.63) is 30.1 Å². The number of hydrogen-bond acceptors (Lipinski definition) is 5. The third-order valence-corrected chi connectivity index (χ3v) is 5.17. The van der Waals surface area contributed by atoms with Gasteiger partial charge in [-0.05, 0) is 19.2 Å². The van der Waals surface area contributed by atoms with Gasteiger partial charge in [-0.1, -0.05) is 19.9 Å². The number of likely N-dealkylation sites (tertiary alicyclic amines) is 1. The van der Waals surface area contributed by atoms with Crippen molar-refractivity contribution in [2.45, 2.75) is 32.0 Å². The molecule has 26 heavy (non-hydrogen) atoms. The van der Waals surface area contributed by atoms with Crippen molar-refractivity contribution < 1.29 is 14.3 Å². The van der Waals surface area contributed by atoms with Gasteiger partial charge in [-0.15, -0.1) is 0 Å². The first kappa shape index (κ1) is 18.8. The van der Waals surface area contributed by atoms with Gasteiger partial charge in [0.15, 0.2) is 0 Å². The molecule has 0 N–H and O–H groups in total. The number of hydrogen-bond donors (Lipinski definition) is 0. The largest absolute Gasteiger partial charge is 0.368 e. The standard InChI is InChI=1S/C19H28N4O3/c1-14(2)17(24)23-12-19(13-23)11-22(4)16(10-26-19)18(25)21(3)9-15-7-5-6-8-20-15/h5-8,14,16H,9-13H2,1-4H3/t16-/m0/s1. The first-order valence-corrected chi connectivity index (χ1v) is 9.09. The summed E-state index contributed by atoms with van der Waals surface area (Å²) in [6.07, 6.45) is 1.73. The highest BCUT2D eigenvalue weighted by atomic mass is 16.5. The molecule has 2 fully saturated rings. The van der Waals surface area contributed by atoms with Crippen LogP contribution in [0, 0.1) is 5.92 Å². The average molecular weight is 360 g/mol. The molecule has 0 unspecified atom stereocenters. The van der Waals surface area contributed by atoms with Crippen molar-refractivity contribution in [1.29, 1.82) is 0 Å². The number of amides is 2. The lowest BCUT2D eigenvalue weighted by Gasteiger charge is -2.55. The number of aromatic nitrogens is 1. The molecular formula is C19H28N4O3. The first-order valence-electron chi connectivity index (χ1n) is 9.09. The van der Waals surface area contributed by atoms with Crippen LogP contribution in [0.4, 0.5) is 0 Å². The zero-order chi connectivity index (χ0) is 18.9. The second-order valence-corrected chi connectivity index (χ2v) is 7.79. The second-order valence-electron chi connectivity index (χ2n) is 7.79. The molecule has 2 aliphatic rings. The molecule has 1 spiro atoms. The summed E-state index contributed by atoms with van der Waals surface area (Å²) in [4.78, 5) is 34.7. The summed E-state index contributed by atoms with van der Waals surface area (Å²) in [5, 5.41) is 0. The number of carbonyl (C=O) groups is 2. The van der Waals surface area contributed by atoms with E-state index in [1.54, 1.807) is 18.1 Å². The highest BCUT2D eigenvalue weighted by molar-refractivity contribution is 5.82. The lowest BCUT2D eigenvalue weighted by molar-refractivity contribution is -0.204. The van der Waals surface area contributed by atoms with E-state index in [4.69, 9.17) is 4.74 Å². The summed E-state index contributed by atoms with van der Waals surface area (Å²) in [5.41, 5.74) is 0.538. The Labute approximate surface area is 154 Å². The van der Waals surface area contributed by atoms with E-state index in [-0.39, 0.29) is 29.4 Å². The molecule has 0 radical (unpaired) electrons. The van der Waals surface area contributed by atoms with Crippen molar-refractivity contribution in [3.8, 4) is 0 Å². The van der Waals surface area contributed by atoms with Crippen molar-refractivity contribution >= 4 is 11.8 Å². The van der Waals surface area contributed by atoms with Gasteiger partial charge in [-0.2, -0.15) is 0 Å². The molecule has 0 aromatic carbocycles. The van der Waals surface area contributed by atoms with Crippen LogP contribution in [0.3, 0.4) is 0 Å². The third-order valence-electron chi connectivity index (χ3n) is 5.17. The van der Waals surface area contributed by atoms with Gasteiger partial charge < -0.3 is 14.5 Å². The minimum Gasteiger partial charge on any atom is -0.368 e. The van der Waals surface area contributed by atoms with Gasteiger partial charge in [0.05, 0.1) is 31.9 Å². The van der Waals surface area contributed by atoms with Crippen LogP contribution in [0.15, 0.2) is 24.4 Å². The second kappa shape index (κ2) is 7.32. The maximum absolute atomic E-state index is 12.8. The summed E-state index contributed by atoms with van der Waals surface area (Å²) in [6.45, 7) is 6.53. The summed E-state index contributed by atoms with van der Waals surface area (Å²) >= 11 is 0. The van der Waals surface area contributed by atoms with Gasteiger partial charge in [0, 0.05) is 25.7 Å². The van der Waals surface area contributed by atoms with Gasteiger partial charge in [-0.25, -0.2) is 0 Å². The van der Waals surface area contributed by atoms with E-state index in [1.165, 1.54) is 0 Å². The van der Waals surface area contributed by atoms with Crippen LogP contribution in [0.5, 0.6) is 0 Å². The zero-order valence-electron chi connectivity index (χ0n) is 16.0. The Morgan fingerprint density at radius 2 is 2.08 bits per heavy atom. The van der Waals surface area contributed by atoms with Crippen LogP contribution >= 0.6 is 0 Å². The van der Waals surface area contributed by atoms with Crippen LogP contribution in [0.25, 0.3) is 0 Å². The lowest BCUT2D eigenvalue weighted by atomic mass is 9.89. The van der Waals surface area contributed by atoms with Crippen LogP contribution in [0.2, 0.25) is 0 Å². The fourth-order valence-electron chi connectivity index (χ4n) is 3.68. The molecular weight excluding hydrogens is 332 g/mol. The predicted molar refractivity (Wildman–Crippen MR) is 97.2 cm³/mol. The van der Waals surface area contributed by atoms with Crippen LogP contribution < -0.4 is 0 Å². The minimum atomic E-state index is -0.324. The topological polar surface area (TPSA) is 66.0 Å². The van der Waals surface area contributed by atoms with E-state index in [0.717, 1.165) is 5.69 Å². The zero-order valence-corrected chi connectivity index (χ0v) is 16.0. The highest BCUT2D eigenvalue weighted by Crippen LogP contribution is 2.31. The lowest BCUT2D eigenvalue weighted by Crippen LogP contribution is -2.73. The van der Waals surface area contributed by atoms with Crippen molar-refractivity contribution in [3.63, 3.8) is 0 Å². The smallest absolute Gasteiger partial charge is 0.242 e. The quantitative estimate of drug-likeness (QED) is 0.787. The van der Waals surface area contributed by atoms with E-state index in [1.807, 2.05) is 44.0 Å². The summed E-state index contributed by atoms with van der Waals surface area (Å²) in [5.74, 6) is 0.195. The van der Waals surface area contributed by atoms with Crippen LogP contribution in [-0.4, -0.2) is 83.5 Å². The van der Waals surface area contributed by atoms with Gasteiger partial charge >= 0.3 is 0 Å². The number of morpholine rings is 1. The van der Waals surface area contributed by atoms with Crippen LogP contribution in [0.1, 0.15) is 19.5 Å². The van der Waals surface area contributed by atoms with Crippen molar-refractivity contribution in [1.82, 2.24) is 19.7 Å². The Bertz CT molecular complexity index is 658. The molecule has 3 heterocycles. The predicted octanol–water partition coefficient (Wildman–Crippen LogP) is 0.608. The Kier molecular flexibility index (Phi) is 5.29. The molecule has 3 rings (SSSR count). The van der Waals surface area contributed by atoms with Gasteiger partial charge in [0.1, 0.15) is 11.6 Å². The number of pyridine rings is 1. The van der Waals surface area contributed by atoms with Gasteiger partial charge in [0.25, 0.3) is 0 Å². The Hall–Kier alpha value is -1.99. The highest BCUT2D eigenvalue weighted by Gasteiger charge is 2.51. The van der Waals surface area contributed by atoms with Crippen LogP contribution in [-0.2, 0) is 20.9 Å². The molecule has 2 amide bonds. The minimum absolute atomic E-state index is 0.00300. The Morgan fingerprint density at radius 1 is 1.35 bits per heavy atom. The molecule has 142 valence electrons. The molecule has 1 aromatic rings. The molecule has 2 aliphatic heterocycles. The average Bonchev–Trinajstić information content (AvgIpc) is 2.59. The normalized spacial score (nSPS) is 22.3. The van der Waals surface area contributed by atoms with E-state index in [2.05, 4.69) is 9.88 Å². The molecule has 0 saturated carbocycles. The SMILES string of the molecule is CC(C)C(=O)N1CC2(C1)CN(C)[C@H](C(=O)N(C)Cc1ccccn1)CO2. The molecule has 7 heteroatoms. The van der Waals surface area contributed by atoms with E-state index in [0.29, 0.717) is 32.8 Å². The fraction of sp³-hybridized carbons (Fsp3) is 0.632. The van der Waals surface area contributed by atoms with E-state index >= 15 is 0 Å². The molecule has 2 saturated heterocycles. The summed E-state index contributed by atoms with van der Waals surface area (Å²) < 4.78 is 6.07. The number of nitrogens with zero attached hydrogens (tertiary/aromatic N) is 4. The molecule has 1 atom stereocenters. The van der Waals surface area contributed by atoms with E-state index < -0.39 is 0 Å². The van der Waals surface area contributed by atoms with Crippen molar-refractivity contribution in [2.24, 2.45) is 5.92 Å². The summed E-state index contributed by atoms with van der Waals surface area (Å²) in [7, 11) is 3.75. The first-order chi connectivity index (χ1) is 12.3. The Morgan fingerprint density at radius 3 is 2.65 bits per heavy atom. The van der Waals surface area contributed by atoms with E-state index in [9.17, 15) is 9.59 Å². The third kappa shape index (κ3) is 3.73. The Balaban J connectivity index is 1.54. The number of likely N-dealkylation sites (N-methyl/N-ethyl adjacent to an activating group) is 2. The number of ether oxygens (including phenoxy) is 1. The number of carbonyl (C=O) groups excluding carboxylic acids is 2. The molecule has 1 aromatic heterocycles. The molecule has 0 bridgehead atoms. The molecule has 7 nitrogen and oxygen atoms in total. The van der Waals surface area contributed by atoms with Crippen molar-refractivity contribution in [2.75, 3.05) is 40.3 Å². The fourth-order valence-corrected chi connectivity index (χ4v) is 3.68.